The molecule has 0 aliphatic carbocycles. The number of hydrogen-bond acceptors (Lipinski definition) is 5. The first-order valence-corrected chi connectivity index (χ1v) is 8.34. The van der Waals surface area contributed by atoms with Gasteiger partial charge in [0.15, 0.2) is 0 Å². The monoisotopic (exact) mass is 339 g/mol. The first-order valence-electron chi connectivity index (χ1n) is 6.49. The molecule has 122 valence electrons. The summed E-state index contributed by atoms with van der Waals surface area (Å²) < 4.78 is 37.8. The van der Waals surface area contributed by atoms with E-state index in [1.807, 2.05) is 0 Å². The topological polar surface area (TPSA) is 100 Å². The number of carboxylic acids is 1. The zero-order valence-electron chi connectivity index (χ0n) is 12.2. The van der Waals surface area contributed by atoms with Crippen LogP contribution in [0.5, 0.6) is 0 Å². The third-order valence-corrected chi connectivity index (χ3v) is 4.21. The second-order valence-electron chi connectivity index (χ2n) is 4.85. The molecular weight excluding hydrogens is 325 g/mol. The average molecular weight is 339 g/mol. The van der Waals surface area contributed by atoms with Crippen LogP contribution in [0.4, 0.5) is 4.39 Å². The molecule has 0 saturated carbocycles. The number of carboxylic acid groups (broad SMARTS) is 1. The second kappa shape index (κ2) is 6.80. The van der Waals surface area contributed by atoms with Gasteiger partial charge in [0.25, 0.3) is 0 Å². The number of nitrogens with zero attached hydrogens (tertiary/aromatic N) is 3. The molecule has 0 radical (unpaired) electrons. The van der Waals surface area contributed by atoms with Crippen LogP contribution < -0.4 is 0 Å². The summed E-state index contributed by atoms with van der Waals surface area (Å²) >= 11 is 0. The normalized spacial score (nSPS) is 11.6. The van der Waals surface area contributed by atoms with Crippen molar-refractivity contribution in [3.8, 4) is 0 Å². The molecule has 0 amide bonds. The number of aromatic nitrogens is 2. The van der Waals surface area contributed by atoms with Gasteiger partial charge in [-0.05, 0) is 17.7 Å². The molecule has 0 aliphatic heterocycles. The van der Waals surface area contributed by atoms with Crippen LogP contribution in [0, 0.1) is 5.82 Å². The number of rotatable bonds is 6. The van der Waals surface area contributed by atoms with Gasteiger partial charge in [0.1, 0.15) is 11.6 Å². The fourth-order valence-corrected chi connectivity index (χ4v) is 2.52. The predicted octanol–water partition coefficient (Wildman–Crippen LogP) is 1.28. The van der Waals surface area contributed by atoms with E-state index in [-0.39, 0.29) is 24.5 Å². The van der Waals surface area contributed by atoms with Crippen molar-refractivity contribution in [3.63, 3.8) is 0 Å². The first kappa shape index (κ1) is 17.0. The third kappa shape index (κ3) is 4.80. The van der Waals surface area contributed by atoms with Crippen molar-refractivity contribution < 1.29 is 22.7 Å². The van der Waals surface area contributed by atoms with Crippen molar-refractivity contribution in [1.29, 1.82) is 0 Å². The number of benzene rings is 1. The van der Waals surface area contributed by atoms with Gasteiger partial charge in [0.05, 0.1) is 18.4 Å². The molecule has 2 rings (SSSR count). The van der Waals surface area contributed by atoms with Gasteiger partial charge in [-0.15, -0.1) is 0 Å². The lowest BCUT2D eigenvalue weighted by Crippen LogP contribution is -2.30. The van der Waals surface area contributed by atoms with Gasteiger partial charge in [-0.25, -0.2) is 27.6 Å². The molecule has 1 aromatic carbocycles. The summed E-state index contributed by atoms with van der Waals surface area (Å²) in [5, 5.41) is 8.79. The van der Waals surface area contributed by atoms with Crippen LogP contribution in [-0.2, 0) is 23.1 Å². The molecule has 2 aromatic rings. The van der Waals surface area contributed by atoms with Gasteiger partial charge >= 0.3 is 5.97 Å². The molecule has 0 unspecified atom stereocenters. The number of halogens is 1. The average Bonchev–Trinajstić information content (AvgIpc) is 2.48. The van der Waals surface area contributed by atoms with E-state index in [1.165, 1.54) is 24.3 Å². The highest BCUT2D eigenvalue weighted by molar-refractivity contribution is 7.88. The van der Waals surface area contributed by atoms with Gasteiger partial charge in [-0.2, -0.15) is 4.31 Å². The highest BCUT2D eigenvalue weighted by atomic mass is 32.2. The summed E-state index contributed by atoms with van der Waals surface area (Å²) in [4.78, 5) is 18.4. The van der Waals surface area contributed by atoms with E-state index in [0.717, 1.165) is 23.0 Å². The van der Waals surface area contributed by atoms with Crippen molar-refractivity contribution >= 4 is 16.0 Å². The van der Waals surface area contributed by atoms with Crippen LogP contribution in [0.3, 0.4) is 0 Å². The molecule has 0 fully saturated rings. The molecule has 0 bridgehead atoms. The van der Waals surface area contributed by atoms with E-state index >= 15 is 0 Å². The van der Waals surface area contributed by atoms with Gasteiger partial charge in [-0.3, -0.25) is 0 Å². The maximum atomic E-state index is 12.9. The van der Waals surface area contributed by atoms with Gasteiger partial charge < -0.3 is 5.11 Å². The molecular formula is C14H14FN3O4S. The van der Waals surface area contributed by atoms with Crippen LogP contribution >= 0.6 is 0 Å². The molecule has 23 heavy (non-hydrogen) atoms. The molecule has 0 atom stereocenters. The van der Waals surface area contributed by atoms with E-state index in [4.69, 9.17) is 5.11 Å². The minimum Gasteiger partial charge on any atom is -0.478 e. The lowest BCUT2D eigenvalue weighted by atomic mass is 10.2. The Labute approximate surface area is 132 Å². The van der Waals surface area contributed by atoms with E-state index in [9.17, 15) is 17.6 Å². The molecule has 9 heteroatoms. The predicted molar refractivity (Wildman–Crippen MR) is 79.5 cm³/mol. The first-order chi connectivity index (χ1) is 10.8. The van der Waals surface area contributed by atoms with Crippen LogP contribution in [0.2, 0.25) is 0 Å². The Balaban J connectivity index is 2.19. The van der Waals surface area contributed by atoms with Crippen molar-refractivity contribution in [2.75, 3.05) is 6.26 Å². The zero-order valence-corrected chi connectivity index (χ0v) is 13.0. The Morgan fingerprint density at radius 1 is 1.17 bits per heavy atom. The van der Waals surface area contributed by atoms with Crippen LogP contribution in [0.25, 0.3) is 0 Å². The van der Waals surface area contributed by atoms with E-state index in [1.54, 1.807) is 0 Å². The molecule has 1 N–H and O–H groups in total. The molecule has 0 saturated heterocycles. The van der Waals surface area contributed by atoms with E-state index < -0.39 is 21.8 Å². The van der Waals surface area contributed by atoms with Crippen LogP contribution in [-0.4, -0.2) is 40.0 Å². The Morgan fingerprint density at radius 2 is 1.74 bits per heavy atom. The number of hydrogen-bond donors (Lipinski definition) is 1. The summed E-state index contributed by atoms with van der Waals surface area (Å²) in [6, 6.07) is 5.46. The van der Waals surface area contributed by atoms with Crippen molar-refractivity contribution in [1.82, 2.24) is 14.3 Å². The number of carbonyl (C=O) groups is 1. The summed E-state index contributed by atoms with van der Waals surface area (Å²) in [7, 11) is -3.55. The molecule has 0 aliphatic rings. The molecule has 0 spiro atoms. The fourth-order valence-electron chi connectivity index (χ4n) is 1.79. The van der Waals surface area contributed by atoms with Gasteiger partial charge in [-0.1, -0.05) is 12.1 Å². The Kier molecular flexibility index (Phi) is 5.02. The smallest absolute Gasteiger partial charge is 0.338 e. The molecule has 1 aromatic heterocycles. The minimum absolute atomic E-state index is 0.0309. The Hall–Kier alpha value is -2.39. The lowest BCUT2D eigenvalue weighted by molar-refractivity contribution is 0.0696. The summed E-state index contributed by atoms with van der Waals surface area (Å²) in [5.74, 6) is -1.40. The minimum atomic E-state index is -3.55. The van der Waals surface area contributed by atoms with E-state index in [0.29, 0.717) is 5.56 Å². The maximum absolute atomic E-state index is 12.9. The van der Waals surface area contributed by atoms with Crippen molar-refractivity contribution in [2.24, 2.45) is 0 Å². The zero-order chi connectivity index (χ0) is 17.0. The number of sulfonamides is 1. The number of aromatic carboxylic acids is 1. The Morgan fingerprint density at radius 3 is 2.22 bits per heavy atom. The van der Waals surface area contributed by atoms with Crippen molar-refractivity contribution in [2.45, 2.75) is 13.1 Å². The molecule has 7 nitrogen and oxygen atoms in total. The van der Waals surface area contributed by atoms with Gasteiger partial charge in [0.2, 0.25) is 10.0 Å². The summed E-state index contributed by atoms with van der Waals surface area (Å²) in [5.41, 5.74) is 0.525. The highest BCUT2D eigenvalue weighted by Gasteiger charge is 2.19. The maximum Gasteiger partial charge on any atom is 0.338 e. The fraction of sp³-hybridized carbons (Fsp3) is 0.214. The largest absolute Gasteiger partial charge is 0.478 e. The molecule has 1 heterocycles. The van der Waals surface area contributed by atoms with Crippen LogP contribution in [0.15, 0.2) is 36.7 Å². The van der Waals surface area contributed by atoms with E-state index in [2.05, 4.69) is 9.97 Å². The summed E-state index contributed by atoms with van der Waals surface area (Å²) in [6.07, 6.45) is 3.27. The quantitative estimate of drug-likeness (QED) is 0.851. The summed E-state index contributed by atoms with van der Waals surface area (Å²) in [6.45, 7) is -0.0841. The Bertz CT molecular complexity index is 792. The van der Waals surface area contributed by atoms with Crippen LogP contribution in [0.1, 0.15) is 21.7 Å². The van der Waals surface area contributed by atoms with Crippen molar-refractivity contribution in [3.05, 3.63) is 59.4 Å². The third-order valence-electron chi connectivity index (χ3n) is 3.01. The lowest BCUT2D eigenvalue weighted by Gasteiger charge is -2.19. The highest BCUT2D eigenvalue weighted by Crippen LogP contribution is 2.12. The SMILES string of the molecule is CS(=O)(=O)N(Cc1ccc(F)cc1)Cc1ncc(C(=O)O)cn1. The second-order valence-corrected chi connectivity index (χ2v) is 6.83. The van der Waals surface area contributed by atoms with Gasteiger partial charge in [0, 0.05) is 18.9 Å². The standard InChI is InChI=1S/C14H14FN3O4S/c1-23(21,22)18(8-10-2-4-12(15)5-3-10)9-13-16-6-11(7-17-13)14(19)20/h2-7H,8-9H2,1H3,(H,19,20).